The van der Waals surface area contributed by atoms with E-state index in [1.54, 1.807) is 4.90 Å². The predicted octanol–water partition coefficient (Wildman–Crippen LogP) is 2.95. The smallest absolute Gasteiger partial charge is 0.411 e. The summed E-state index contributed by atoms with van der Waals surface area (Å²) in [5.41, 5.74) is -0.391. The van der Waals surface area contributed by atoms with Crippen molar-refractivity contribution in [2.75, 3.05) is 12.4 Å². The Bertz CT molecular complexity index is 235. The Morgan fingerprint density at radius 2 is 2.07 bits per heavy atom. The first-order chi connectivity index (χ1) is 6.79. The highest BCUT2D eigenvalue weighted by molar-refractivity contribution is 8.00. The summed E-state index contributed by atoms with van der Waals surface area (Å²) in [5, 5.41) is 0.553. The van der Waals surface area contributed by atoms with E-state index in [9.17, 15) is 4.79 Å². The number of carbonyl (C=O) groups is 1. The molecule has 1 aliphatic heterocycles. The topological polar surface area (TPSA) is 29.5 Å². The van der Waals surface area contributed by atoms with Crippen LogP contribution in [0.15, 0.2) is 0 Å². The Balaban J connectivity index is 2.44. The van der Waals surface area contributed by atoms with Gasteiger partial charge in [0.1, 0.15) is 5.60 Å². The van der Waals surface area contributed by atoms with Crippen molar-refractivity contribution in [3.05, 3.63) is 0 Å². The molecule has 3 nitrogen and oxygen atoms in total. The van der Waals surface area contributed by atoms with Crippen LogP contribution in [0.2, 0.25) is 0 Å². The Kier molecular flexibility index (Phi) is 3.93. The molecule has 0 spiro atoms. The van der Waals surface area contributed by atoms with Crippen LogP contribution in [0.1, 0.15) is 34.6 Å². The lowest BCUT2D eigenvalue weighted by Crippen LogP contribution is -2.36. The van der Waals surface area contributed by atoms with Gasteiger partial charge < -0.3 is 4.74 Å². The number of carbonyl (C=O) groups excluding carboxylic acids is 1. The molecule has 0 aromatic rings. The normalized spacial score (nSPS) is 22.3. The number of nitrogens with zero attached hydrogens (tertiary/aromatic N) is 1. The fourth-order valence-electron chi connectivity index (χ4n) is 1.37. The quantitative estimate of drug-likeness (QED) is 0.695. The molecule has 0 bridgehead atoms. The van der Waals surface area contributed by atoms with E-state index in [-0.39, 0.29) is 6.09 Å². The minimum absolute atomic E-state index is 0.182. The summed E-state index contributed by atoms with van der Waals surface area (Å²) < 4.78 is 5.32. The maximum Gasteiger partial charge on any atom is 0.411 e. The largest absolute Gasteiger partial charge is 0.444 e. The molecule has 0 aromatic heterocycles. The highest BCUT2D eigenvalue weighted by atomic mass is 32.2. The lowest BCUT2D eigenvalue weighted by Gasteiger charge is -2.24. The van der Waals surface area contributed by atoms with Crippen LogP contribution in [0, 0.1) is 5.92 Å². The van der Waals surface area contributed by atoms with E-state index in [0.717, 1.165) is 12.4 Å². The summed E-state index contributed by atoms with van der Waals surface area (Å²) in [5.74, 6) is 1.38. The molecule has 1 amide bonds. The van der Waals surface area contributed by atoms with E-state index in [4.69, 9.17) is 4.74 Å². The predicted molar refractivity (Wildman–Crippen MR) is 64.0 cm³/mol. The van der Waals surface area contributed by atoms with Crippen molar-refractivity contribution in [3.63, 3.8) is 0 Å². The maximum absolute atomic E-state index is 11.7. The van der Waals surface area contributed by atoms with Crippen LogP contribution in [0.4, 0.5) is 4.79 Å². The first-order valence-electron chi connectivity index (χ1n) is 5.39. The van der Waals surface area contributed by atoms with Crippen LogP contribution in [0.3, 0.4) is 0 Å². The average Bonchev–Trinajstić information content (AvgIpc) is 2.47. The monoisotopic (exact) mass is 231 g/mol. The van der Waals surface area contributed by atoms with Crippen molar-refractivity contribution in [1.82, 2.24) is 4.90 Å². The zero-order chi connectivity index (χ0) is 11.6. The molecular weight excluding hydrogens is 210 g/mol. The second kappa shape index (κ2) is 4.64. The zero-order valence-corrected chi connectivity index (χ0v) is 11.1. The third kappa shape index (κ3) is 3.93. The van der Waals surface area contributed by atoms with Crippen LogP contribution >= 0.6 is 11.8 Å². The summed E-state index contributed by atoms with van der Waals surface area (Å²) in [6.45, 7) is 10.9. The van der Waals surface area contributed by atoms with Gasteiger partial charge in [-0.1, -0.05) is 13.8 Å². The van der Waals surface area contributed by atoms with Gasteiger partial charge in [-0.2, -0.15) is 0 Å². The summed E-state index contributed by atoms with van der Waals surface area (Å²) in [6, 6.07) is 0. The van der Waals surface area contributed by atoms with Crippen molar-refractivity contribution >= 4 is 17.9 Å². The van der Waals surface area contributed by atoms with Crippen LogP contribution < -0.4 is 0 Å². The minimum atomic E-state index is -0.391. The molecule has 1 fully saturated rings. The minimum Gasteiger partial charge on any atom is -0.444 e. The standard InChI is InChI=1S/C11H21NO2S/c1-8(2)9-6-12(7-15-9)10(13)14-11(3,4)5/h8-9H,6-7H2,1-5H3. The van der Waals surface area contributed by atoms with E-state index in [1.165, 1.54) is 0 Å². The summed E-state index contributed by atoms with van der Waals surface area (Å²) >= 11 is 1.84. The molecule has 0 saturated carbocycles. The molecule has 1 aliphatic rings. The van der Waals surface area contributed by atoms with Gasteiger partial charge in [0.2, 0.25) is 0 Å². The van der Waals surface area contributed by atoms with Gasteiger partial charge in [0.05, 0.1) is 5.88 Å². The van der Waals surface area contributed by atoms with Gasteiger partial charge in [-0.05, 0) is 26.7 Å². The van der Waals surface area contributed by atoms with Gasteiger partial charge in [-0.15, -0.1) is 11.8 Å². The van der Waals surface area contributed by atoms with Crippen LogP contribution in [0.5, 0.6) is 0 Å². The lowest BCUT2D eigenvalue weighted by molar-refractivity contribution is 0.0297. The van der Waals surface area contributed by atoms with E-state index in [0.29, 0.717) is 11.2 Å². The van der Waals surface area contributed by atoms with E-state index < -0.39 is 5.60 Å². The Labute approximate surface area is 96.5 Å². The van der Waals surface area contributed by atoms with E-state index in [1.807, 2.05) is 32.5 Å². The molecule has 4 heteroatoms. The highest BCUT2D eigenvalue weighted by Crippen LogP contribution is 2.29. The molecule has 1 saturated heterocycles. The lowest BCUT2D eigenvalue weighted by atomic mass is 10.1. The van der Waals surface area contributed by atoms with Gasteiger partial charge >= 0.3 is 6.09 Å². The zero-order valence-electron chi connectivity index (χ0n) is 10.2. The first kappa shape index (κ1) is 12.7. The SMILES string of the molecule is CC(C)C1CN(C(=O)OC(C)(C)C)CS1. The molecule has 15 heavy (non-hydrogen) atoms. The van der Waals surface area contributed by atoms with Gasteiger partial charge in [0, 0.05) is 11.8 Å². The van der Waals surface area contributed by atoms with Crippen molar-refractivity contribution in [1.29, 1.82) is 0 Å². The molecule has 0 aliphatic carbocycles. The first-order valence-corrected chi connectivity index (χ1v) is 6.44. The van der Waals surface area contributed by atoms with E-state index in [2.05, 4.69) is 13.8 Å². The fraction of sp³-hybridized carbons (Fsp3) is 0.909. The van der Waals surface area contributed by atoms with Crippen LogP contribution in [-0.2, 0) is 4.74 Å². The van der Waals surface area contributed by atoms with Crippen LogP contribution in [0.25, 0.3) is 0 Å². The third-order valence-electron chi connectivity index (χ3n) is 2.24. The highest BCUT2D eigenvalue weighted by Gasteiger charge is 2.31. The number of rotatable bonds is 1. The summed E-state index contributed by atoms with van der Waals surface area (Å²) in [6.07, 6.45) is -0.182. The van der Waals surface area contributed by atoms with Crippen molar-refractivity contribution in [2.24, 2.45) is 5.92 Å². The summed E-state index contributed by atoms with van der Waals surface area (Å²) in [7, 11) is 0. The van der Waals surface area contributed by atoms with Crippen molar-refractivity contribution in [2.45, 2.75) is 45.5 Å². The Hall–Kier alpha value is -0.380. The average molecular weight is 231 g/mol. The third-order valence-corrected chi connectivity index (χ3v) is 3.82. The van der Waals surface area contributed by atoms with Gasteiger partial charge in [-0.25, -0.2) is 4.79 Å². The summed E-state index contributed by atoms with van der Waals surface area (Å²) in [4.78, 5) is 13.5. The van der Waals surface area contributed by atoms with Gasteiger partial charge in [0.15, 0.2) is 0 Å². The number of hydrogen-bond acceptors (Lipinski definition) is 3. The van der Waals surface area contributed by atoms with Gasteiger partial charge in [-0.3, -0.25) is 4.90 Å². The second-order valence-corrected chi connectivity index (χ2v) is 6.48. The van der Waals surface area contributed by atoms with Crippen LogP contribution in [-0.4, -0.2) is 34.3 Å². The molecule has 1 rings (SSSR count). The van der Waals surface area contributed by atoms with E-state index >= 15 is 0 Å². The molecule has 1 unspecified atom stereocenters. The maximum atomic E-state index is 11.7. The molecule has 0 N–H and O–H groups in total. The number of ether oxygens (including phenoxy) is 1. The number of amides is 1. The number of thioether (sulfide) groups is 1. The molecular formula is C11H21NO2S. The molecule has 0 radical (unpaired) electrons. The number of hydrogen-bond donors (Lipinski definition) is 0. The molecule has 88 valence electrons. The molecule has 1 heterocycles. The fourth-order valence-corrected chi connectivity index (χ4v) is 2.62. The molecule has 1 atom stereocenters. The Morgan fingerprint density at radius 1 is 1.47 bits per heavy atom. The van der Waals surface area contributed by atoms with Crippen molar-refractivity contribution < 1.29 is 9.53 Å². The molecule has 0 aromatic carbocycles. The Morgan fingerprint density at radius 3 is 2.47 bits per heavy atom. The van der Waals surface area contributed by atoms with Gasteiger partial charge in [0.25, 0.3) is 0 Å². The van der Waals surface area contributed by atoms with Crippen molar-refractivity contribution in [3.8, 4) is 0 Å². The second-order valence-electron chi connectivity index (χ2n) is 5.28.